The van der Waals surface area contributed by atoms with Crippen molar-refractivity contribution in [3.8, 4) is 6.07 Å². The van der Waals surface area contributed by atoms with Crippen molar-refractivity contribution < 1.29 is 9.53 Å². The fraction of sp³-hybridized carbons (Fsp3) is 0.316. The van der Waals surface area contributed by atoms with Crippen LogP contribution >= 0.6 is 0 Å². The van der Waals surface area contributed by atoms with Gasteiger partial charge in [-0.1, -0.05) is 30.3 Å². The summed E-state index contributed by atoms with van der Waals surface area (Å²) in [6.45, 7) is 3.65. The molecule has 0 aliphatic rings. The molecule has 0 spiro atoms. The number of aromatic nitrogens is 1. The number of carbonyl (C=O) groups excluding carboxylic acids is 1. The average Bonchev–Trinajstić information content (AvgIpc) is 2.60. The van der Waals surface area contributed by atoms with Gasteiger partial charge < -0.3 is 14.6 Å². The van der Waals surface area contributed by atoms with E-state index in [0.29, 0.717) is 11.3 Å². The van der Waals surface area contributed by atoms with Crippen LogP contribution < -0.4 is 10.9 Å². The molecular formula is C19H21N3O3. The Hall–Kier alpha value is -2.91. The lowest BCUT2D eigenvalue weighted by atomic mass is 10.1. The van der Waals surface area contributed by atoms with Gasteiger partial charge >= 0.3 is 0 Å². The Morgan fingerprint density at radius 2 is 2.04 bits per heavy atom. The standard InChI is InChI=1S/C19H21N3O3/c1-13-9-16(12-25-3)17(10-20)19(24)22(13)11-18(23)21-14(2)15-7-5-4-6-8-15/h4-9,14H,11-12H2,1-3H3,(H,21,23)/t14-/m0/s1. The van der Waals surface area contributed by atoms with Crippen LogP contribution in [0.1, 0.15) is 35.3 Å². The van der Waals surface area contributed by atoms with E-state index in [4.69, 9.17) is 4.74 Å². The summed E-state index contributed by atoms with van der Waals surface area (Å²) >= 11 is 0. The number of nitriles is 1. The minimum Gasteiger partial charge on any atom is -0.380 e. The molecule has 1 amide bonds. The number of benzene rings is 1. The number of amides is 1. The van der Waals surface area contributed by atoms with Gasteiger partial charge in [0, 0.05) is 18.4 Å². The number of nitrogens with zero attached hydrogens (tertiary/aromatic N) is 2. The molecule has 1 atom stereocenters. The number of nitrogens with one attached hydrogen (secondary N) is 1. The second-order valence-electron chi connectivity index (χ2n) is 5.82. The topological polar surface area (TPSA) is 84.1 Å². The molecule has 2 aromatic rings. The van der Waals surface area contributed by atoms with Gasteiger partial charge in [0.05, 0.1) is 12.6 Å². The van der Waals surface area contributed by atoms with Gasteiger partial charge in [0.2, 0.25) is 5.91 Å². The van der Waals surface area contributed by atoms with Crippen molar-refractivity contribution in [3.63, 3.8) is 0 Å². The largest absolute Gasteiger partial charge is 0.380 e. The molecule has 0 unspecified atom stereocenters. The number of hydrogen-bond acceptors (Lipinski definition) is 4. The van der Waals surface area contributed by atoms with Gasteiger partial charge in [0.15, 0.2) is 0 Å². The Labute approximate surface area is 146 Å². The molecule has 2 rings (SSSR count). The molecule has 0 saturated heterocycles. The highest BCUT2D eigenvalue weighted by Gasteiger charge is 2.16. The Kier molecular flexibility index (Phi) is 6.09. The van der Waals surface area contributed by atoms with Gasteiger partial charge in [-0.15, -0.1) is 0 Å². The van der Waals surface area contributed by atoms with Crippen LogP contribution in [-0.4, -0.2) is 17.6 Å². The first-order valence-electron chi connectivity index (χ1n) is 7.94. The molecule has 0 saturated carbocycles. The number of pyridine rings is 1. The zero-order valence-electron chi connectivity index (χ0n) is 14.6. The first-order chi connectivity index (χ1) is 12.0. The Bertz CT molecular complexity index is 851. The highest BCUT2D eigenvalue weighted by molar-refractivity contribution is 5.76. The van der Waals surface area contributed by atoms with E-state index in [-0.39, 0.29) is 30.7 Å². The highest BCUT2D eigenvalue weighted by Crippen LogP contribution is 2.12. The second-order valence-corrected chi connectivity index (χ2v) is 5.82. The molecule has 1 aromatic carbocycles. The first kappa shape index (κ1) is 18.4. The van der Waals surface area contributed by atoms with E-state index in [2.05, 4.69) is 5.32 Å². The number of ether oxygens (including phenoxy) is 1. The zero-order chi connectivity index (χ0) is 18.4. The maximum absolute atomic E-state index is 12.5. The van der Waals surface area contributed by atoms with E-state index in [0.717, 1.165) is 5.56 Å². The molecular weight excluding hydrogens is 318 g/mol. The molecule has 0 aliphatic heterocycles. The quantitative estimate of drug-likeness (QED) is 0.873. The predicted octanol–water partition coefficient (Wildman–Crippen LogP) is 2.05. The molecule has 25 heavy (non-hydrogen) atoms. The third-order valence-electron chi connectivity index (χ3n) is 3.98. The van der Waals surface area contributed by atoms with E-state index in [1.807, 2.05) is 43.3 Å². The SMILES string of the molecule is COCc1cc(C)n(CC(=O)N[C@@H](C)c2ccccc2)c(=O)c1C#N. The average molecular weight is 339 g/mol. The predicted molar refractivity (Wildman–Crippen MR) is 93.9 cm³/mol. The minimum absolute atomic E-state index is 0.0105. The van der Waals surface area contributed by atoms with Crippen LogP contribution in [-0.2, 0) is 22.7 Å². The molecule has 1 heterocycles. The summed E-state index contributed by atoms with van der Waals surface area (Å²) in [6, 6.07) is 13.0. The van der Waals surface area contributed by atoms with Crippen LogP contribution in [0.15, 0.2) is 41.2 Å². The molecule has 6 heteroatoms. The van der Waals surface area contributed by atoms with Crippen molar-refractivity contribution in [1.29, 1.82) is 5.26 Å². The van der Waals surface area contributed by atoms with E-state index in [9.17, 15) is 14.9 Å². The van der Waals surface area contributed by atoms with Crippen molar-refractivity contribution in [3.05, 3.63) is 69.1 Å². The lowest BCUT2D eigenvalue weighted by Gasteiger charge is -2.17. The van der Waals surface area contributed by atoms with Crippen molar-refractivity contribution in [2.24, 2.45) is 0 Å². The fourth-order valence-electron chi connectivity index (χ4n) is 2.68. The van der Waals surface area contributed by atoms with Crippen molar-refractivity contribution in [2.75, 3.05) is 7.11 Å². The summed E-state index contributed by atoms with van der Waals surface area (Å²) in [6.07, 6.45) is 0. The van der Waals surface area contributed by atoms with Gasteiger partial charge in [-0.25, -0.2) is 0 Å². The van der Waals surface area contributed by atoms with Gasteiger partial charge in [0.25, 0.3) is 5.56 Å². The van der Waals surface area contributed by atoms with Gasteiger partial charge in [-0.05, 0) is 25.5 Å². The lowest BCUT2D eigenvalue weighted by molar-refractivity contribution is -0.122. The maximum atomic E-state index is 12.5. The number of carbonyl (C=O) groups is 1. The number of rotatable bonds is 6. The maximum Gasteiger partial charge on any atom is 0.269 e. The molecule has 1 N–H and O–H groups in total. The van der Waals surface area contributed by atoms with Crippen molar-refractivity contribution >= 4 is 5.91 Å². The summed E-state index contributed by atoms with van der Waals surface area (Å²) in [4.78, 5) is 24.8. The van der Waals surface area contributed by atoms with Gasteiger partial charge in [-0.2, -0.15) is 5.26 Å². The zero-order valence-corrected chi connectivity index (χ0v) is 14.6. The molecule has 0 bridgehead atoms. The number of methoxy groups -OCH3 is 1. The van der Waals surface area contributed by atoms with E-state index >= 15 is 0 Å². The van der Waals surface area contributed by atoms with Crippen molar-refractivity contribution in [2.45, 2.75) is 33.0 Å². The van der Waals surface area contributed by atoms with E-state index in [1.54, 1.807) is 13.0 Å². The molecule has 0 aliphatic carbocycles. The summed E-state index contributed by atoms with van der Waals surface area (Å²) in [5.41, 5.74) is 1.65. The van der Waals surface area contributed by atoms with Crippen LogP contribution in [0.3, 0.4) is 0 Å². The summed E-state index contributed by atoms with van der Waals surface area (Å²) < 4.78 is 6.33. The Balaban J connectivity index is 2.21. The first-order valence-corrected chi connectivity index (χ1v) is 7.94. The van der Waals surface area contributed by atoms with Gasteiger partial charge in [0.1, 0.15) is 18.2 Å². The van der Waals surface area contributed by atoms with Crippen LogP contribution in [0.4, 0.5) is 0 Å². The van der Waals surface area contributed by atoms with E-state index < -0.39 is 5.56 Å². The van der Waals surface area contributed by atoms with Gasteiger partial charge in [-0.3, -0.25) is 9.59 Å². The molecule has 1 aromatic heterocycles. The normalized spacial score (nSPS) is 11.6. The highest BCUT2D eigenvalue weighted by atomic mass is 16.5. The molecule has 0 fully saturated rings. The Morgan fingerprint density at radius 1 is 1.36 bits per heavy atom. The monoisotopic (exact) mass is 339 g/mol. The van der Waals surface area contributed by atoms with Crippen LogP contribution in [0.25, 0.3) is 0 Å². The van der Waals surface area contributed by atoms with E-state index in [1.165, 1.54) is 11.7 Å². The fourth-order valence-corrected chi connectivity index (χ4v) is 2.68. The Morgan fingerprint density at radius 3 is 2.64 bits per heavy atom. The third-order valence-corrected chi connectivity index (χ3v) is 3.98. The van der Waals surface area contributed by atoms with Crippen LogP contribution in [0.5, 0.6) is 0 Å². The van der Waals surface area contributed by atoms with Crippen LogP contribution in [0, 0.1) is 18.3 Å². The number of aryl methyl sites for hydroxylation is 1. The number of hydrogen-bond donors (Lipinski definition) is 1. The molecule has 130 valence electrons. The summed E-state index contributed by atoms with van der Waals surface area (Å²) in [7, 11) is 1.50. The second kappa shape index (κ2) is 8.27. The van der Waals surface area contributed by atoms with Crippen LogP contribution in [0.2, 0.25) is 0 Å². The molecule has 6 nitrogen and oxygen atoms in total. The van der Waals surface area contributed by atoms with Crippen molar-refractivity contribution in [1.82, 2.24) is 9.88 Å². The summed E-state index contributed by atoms with van der Waals surface area (Å²) in [5, 5.41) is 12.1. The summed E-state index contributed by atoms with van der Waals surface area (Å²) in [5.74, 6) is -0.287. The third kappa shape index (κ3) is 4.34. The lowest BCUT2D eigenvalue weighted by Crippen LogP contribution is -2.36. The molecule has 0 radical (unpaired) electrons. The minimum atomic E-state index is -0.475. The smallest absolute Gasteiger partial charge is 0.269 e.